The molecule has 2 N–H and O–H groups in total. The smallest absolute Gasteiger partial charge is 0.257 e. The van der Waals surface area contributed by atoms with Gasteiger partial charge in [0.15, 0.2) is 0 Å². The zero-order chi connectivity index (χ0) is 15.9. The predicted octanol–water partition coefficient (Wildman–Crippen LogP) is 1.91. The number of carbonyl (C=O) groups excluding carboxylic acids is 1. The van der Waals surface area contributed by atoms with Gasteiger partial charge >= 0.3 is 0 Å². The van der Waals surface area contributed by atoms with Gasteiger partial charge in [0.05, 0.1) is 26.1 Å². The topological polar surface area (TPSA) is 59.3 Å². The molecule has 0 bridgehead atoms. The van der Waals surface area contributed by atoms with Crippen LogP contribution in [0.15, 0.2) is 24.3 Å². The summed E-state index contributed by atoms with van der Waals surface area (Å²) in [6, 6.07) is 6.75. The van der Waals surface area contributed by atoms with E-state index < -0.39 is 0 Å². The molecule has 0 atom stereocenters. The number of nitrogens with zero attached hydrogens (tertiary/aromatic N) is 2. The standard InChI is InChI=1S/C15H19ClN4OS/c1-3-20(4-2)10-9-13-18-19-15(22-13)17-14(21)11-5-7-12(16)8-6-11/h5-8H,3-4,9-10H2,1-2H3,(H,17,19,21)/p+1. The minimum absolute atomic E-state index is 0.200. The van der Waals surface area contributed by atoms with E-state index in [4.69, 9.17) is 11.6 Å². The molecule has 22 heavy (non-hydrogen) atoms. The maximum Gasteiger partial charge on any atom is 0.257 e. The zero-order valence-electron chi connectivity index (χ0n) is 12.7. The maximum atomic E-state index is 12.1. The molecule has 0 fully saturated rings. The van der Waals surface area contributed by atoms with E-state index in [1.165, 1.54) is 16.2 Å². The highest BCUT2D eigenvalue weighted by molar-refractivity contribution is 7.15. The summed E-state index contributed by atoms with van der Waals surface area (Å²) in [5.41, 5.74) is 0.550. The fourth-order valence-corrected chi connectivity index (χ4v) is 2.92. The number of carbonyl (C=O) groups is 1. The van der Waals surface area contributed by atoms with E-state index in [0.717, 1.165) is 31.1 Å². The third-order valence-electron chi connectivity index (χ3n) is 3.49. The largest absolute Gasteiger partial charge is 0.335 e. The quantitative estimate of drug-likeness (QED) is 0.810. The van der Waals surface area contributed by atoms with Crippen LogP contribution in [0.25, 0.3) is 0 Å². The first-order valence-corrected chi connectivity index (χ1v) is 8.54. The molecule has 2 aromatic rings. The molecule has 1 amide bonds. The van der Waals surface area contributed by atoms with Crippen LogP contribution in [0.3, 0.4) is 0 Å². The number of rotatable bonds is 7. The number of benzene rings is 1. The fourth-order valence-electron chi connectivity index (χ4n) is 2.06. The molecular weight excluding hydrogens is 320 g/mol. The number of hydrogen-bond donors (Lipinski definition) is 2. The molecule has 0 aliphatic carbocycles. The Hall–Kier alpha value is -1.50. The van der Waals surface area contributed by atoms with E-state index in [2.05, 4.69) is 29.4 Å². The van der Waals surface area contributed by atoms with Gasteiger partial charge in [0.2, 0.25) is 5.13 Å². The van der Waals surface area contributed by atoms with Crippen molar-refractivity contribution in [3.05, 3.63) is 39.9 Å². The highest BCUT2D eigenvalue weighted by Gasteiger charge is 2.11. The van der Waals surface area contributed by atoms with Crippen LogP contribution in [0.5, 0.6) is 0 Å². The summed E-state index contributed by atoms with van der Waals surface area (Å²) < 4.78 is 0. The normalized spacial score (nSPS) is 10.9. The highest BCUT2D eigenvalue weighted by atomic mass is 35.5. The van der Waals surface area contributed by atoms with Crippen molar-refractivity contribution in [3.63, 3.8) is 0 Å². The molecule has 118 valence electrons. The lowest BCUT2D eigenvalue weighted by Crippen LogP contribution is -3.11. The lowest BCUT2D eigenvalue weighted by Gasteiger charge is -2.13. The van der Waals surface area contributed by atoms with Gasteiger partial charge in [-0.05, 0) is 38.1 Å². The molecule has 1 aromatic heterocycles. The lowest BCUT2D eigenvalue weighted by atomic mass is 10.2. The van der Waals surface area contributed by atoms with Crippen LogP contribution in [-0.2, 0) is 6.42 Å². The van der Waals surface area contributed by atoms with E-state index >= 15 is 0 Å². The van der Waals surface area contributed by atoms with Crippen molar-refractivity contribution in [2.45, 2.75) is 20.3 Å². The average Bonchev–Trinajstić information content (AvgIpc) is 2.96. The first kappa shape index (κ1) is 16.9. The summed E-state index contributed by atoms with van der Waals surface area (Å²) in [7, 11) is 0. The number of amides is 1. The van der Waals surface area contributed by atoms with Crippen molar-refractivity contribution in [1.29, 1.82) is 0 Å². The summed E-state index contributed by atoms with van der Waals surface area (Å²) in [6.45, 7) is 7.60. The number of nitrogens with one attached hydrogen (secondary N) is 2. The Labute approximate surface area is 139 Å². The Morgan fingerprint density at radius 3 is 2.55 bits per heavy atom. The van der Waals surface area contributed by atoms with E-state index in [9.17, 15) is 4.79 Å². The third-order valence-corrected chi connectivity index (χ3v) is 4.64. The van der Waals surface area contributed by atoms with Crippen LogP contribution in [-0.4, -0.2) is 35.7 Å². The molecule has 1 aromatic carbocycles. The Morgan fingerprint density at radius 1 is 1.23 bits per heavy atom. The van der Waals surface area contributed by atoms with Crippen molar-refractivity contribution < 1.29 is 9.69 Å². The SMILES string of the molecule is CC[NH+](CC)CCc1nnc(NC(=O)c2ccc(Cl)cc2)s1. The van der Waals surface area contributed by atoms with Gasteiger partial charge < -0.3 is 4.90 Å². The van der Waals surface area contributed by atoms with Crippen LogP contribution in [0, 0.1) is 0 Å². The molecule has 0 spiro atoms. The van der Waals surface area contributed by atoms with E-state index in [1.807, 2.05) is 0 Å². The minimum Gasteiger partial charge on any atom is -0.335 e. The molecule has 0 saturated heterocycles. The van der Waals surface area contributed by atoms with Crippen LogP contribution >= 0.6 is 22.9 Å². The Morgan fingerprint density at radius 2 is 1.91 bits per heavy atom. The monoisotopic (exact) mass is 339 g/mol. The Balaban J connectivity index is 1.91. The number of hydrogen-bond acceptors (Lipinski definition) is 4. The van der Waals surface area contributed by atoms with E-state index in [-0.39, 0.29) is 5.91 Å². The predicted molar refractivity (Wildman–Crippen MR) is 89.9 cm³/mol. The van der Waals surface area contributed by atoms with Crippen LogP contribution in [0.1, 0.15) is 29.2 Å². The molecule has 0 radical (unpaired) electrons. The molecule has 2 rings (SSSR count). The fraction of sp³-hybridized carbons (Fsp3) is 0.400. The zero-order valence-corrected chi connectivity index (χ0v) is 14.3. The van der Waals surface area contributed by atoms with Gasteiger partial charge in [0.1, 0.15) is 5.01 Å². The number of anilines is 1. The Kier molecular flexibility index (Phi) is 6.30. The summed E-state index contributed by atoms with van der Waals surface area (Å²) in [5, 5.41) is 13.0. The first-order valence-electron chi connectivity index (χ1n) is 7.35. The van der Waals surface area contributed by atoms with Crippen molar-refractivity contribution >= 4 is 34.0 Å². The molecule has 5 nitrogen and oxygen atoms in total. The summed E-state index contributed by atoms with van der Waals surface area (Å²) in [5.74, 6) is -0.200. The van der Waals surface area contributed by atoms with Crippen LogP contribution < -0.4 is 10.2 Å². The maximum absolute atomic E-state index is 12.1. The van der Waals surface area contributed by atoms with Crippen molar-refractivity contribution in [2.75, 3.05) is 25.0 Å². The average molecular weight is 340 g/mol. The molecular formula is C15H20ClN4OS+. The molecule has 7 heteroatoms. The van der Waals surface area contributed by atoms with Gasteiger partial charge in [0, 0.05) is 10.6 Å². The summed E-state index contributed by atoms with van der Waals surface area (Å²) in [6.07, 6.45) is 0.880. The number of halogens is 1. The number of aromatic nitrogens is 2. The van der Waals surface area contributed by atoms with E-state index in [0.29, 0.717) is 15.7 Å². The first-order chi connectivity index (χ1) is 10.6. The summed E-state index contributed by atoms with van der Waals surface area (Å²) >= 11 is 7.24. The summed E-state index contributed by atoms with van der Waals surface area (Å²) in [4.78, 5) is 13.6. The number of quaternary nitrogens is 1. The van der Waals surface area contributed by atoms with Gasteiger partial charge in [-0.1, -0.05) is 22.9 Å². The highest BCUT2D eigenvalue weighted by Crippen LogP contribution is 2.17. The molecule has 0 saturated carbocycles. The van der Waals surface area contributed by atoms with Crippen molar-refractivity contribution in [3.8, 4) is 0 Å². The molecule has 1 heterocycles. The molecule has 0 aliphatic heterocycles. The molecule has 0 unspecified atom stereocenters. The second kappa shape index (κ2) is 8.22. The van der Waals surface area contributed by atoms with Crippen LogP contribution in [0.2, 0.25) is 5.02 Å². The third kappa shape index (κ3) is 4.76. The van der Waals surface area contributed by atoms with Crippen molar-refractivity contribution in [2.24, 2.45) is 0 Å². The second-order valence-electron chi connectivity index (χ2n) is 4.92. The van der Waals surface area contributed by atoms with Gasteiger partial charge in [-0.2, -0.15) is 0 Å². The van der Waals surface area contributed by atoms with Gasteiger partial charge in [0.25, 0.3) is 5.91 Å². The second-order valence-corrected chi connectivity index (χ2v) is 6.42. The van der Waals surface area contributed by atoms with Crippen molar-refractivity contribution in [1.82, 2.24) is 10.2 Å². The Bertz CT molecular complexity index is 610. The minimum atomic E-state index is -0.200. The van der Waals surface area contributed by atoms with Gasteiger partial charge in [-0.25, -0.2) is 0 Å². The van der Waals surface area contributed by atoms with E-state index in [1.54, 1.807) is 24.3 Å². The molecule has 0 aliphatic rings. The lowest BCUT2D eigenvalue weighted by molar-refractivity contribution is -0.896. The van der Waals surface area contributed by atoms with Gasteiger partial charge in [-0.3, -0.25) is 10.1 Å². The van der Waals surface area contributed by atoms with Gasteiger partial charge in [-0.15, -0.1) is 10.2 Å². The number of likely N-dealkylation sites (N-methyl/N-ethyl adjacent to an activating group) is 1. The van der Waals surface area contributed by atoms with Crippen LogP contribution in [0.4, 0.5) is 5.13 Å².